The number of hydrogen-bond donors (Lipinski definition) is 2. The highest BCUT2D eigenvalue weighted by Gasteiger charge is 2.42. The Bertz CT molecular complexity index is 395. The van der Waals surface area contributed by atoms with Gasteiger partial charge in [0.1, 0.15) is 0 Å². The van der Waals surface area contributed by atoms with Crippen molar-refractivity contribution in [1.82, 2.24) is 15.1 Å². The zero-order valence-corrected chi connectivity index (χ0v) is 14.7. The molecule has 1 heterocycles. The maximum absolute atomic E-state index is 12.4. The normalized spacial score (nSPS) is 28.1. The first-order chi connectivity index (χ1) is 11.1. The fourth-order valence-electron chi connectivity index (χ4n) is 4.03. The van der Waals surface area contributed by atoms with Crippen LogP contribution in [0, 0.1) is 11.8 Å². The Kier molecular flexibility index (Phi) is 5.60. The smallest absolute Gasteiger partial charge is 0.234 e. The van der Waals surface area contributed by atoms with Crippen molar-refractivity contribution in [3.63, 3.8) is 0 Å². The molecular formula is C18H33N3O2. The van der Waals surface area contributed by atoms with E-state index in [9.17, 15) is 9.90 Å². The van der Waals surface area contributed by atoms with Gasteiger partial charge >= 0.3 is 0 Å². The molecule has 3 fully saturated rings. The van der Waals surface area contributed by atoms with E-state index in [1.807, 2.05) is 6.92 Å². The SMILES string of the molecule is CC[C@H]1CN(CC(=O)NC(C2CC2)C2CC2)CCN1C[C@H](C)O. The molecule has 23 heavy (non-hydrogen) atoms. The summed E-state index contributed by atoms with van der Waals surface area (Å²) in [7, 11) is 0. The van der Waals surface area contributed by atoms with Crippen LogP contribution in [0.4, 0.5) is 0 Å². The van der Waals surface area contributed by atoms with Crippen LogP contribution in [-0.4, -0.2) is 71.7 Å². The van der Waals surface area contributed by atoms with Gasteiger partial charge in [0.25, 0.3) is 0 Å². The van der Waals surface area contributed by atoms with Gasteiger partial charge in [-0.1, -0.05) is 6.92 Å². The van der Waals surface area contributed by atoms with E-state index in [0.29, 0.717) is 18.6 Å². The van der Waals surface area contributed by atoms with E-state index in [0.717, 1.165) is 44.4 Å². The lowest BCUT2D eigenvalue weighted by Crippen LogP contribution is -2.56. The Morgan fingerprint density at radius 1 is 1.22 bits per heavy atom. The molecule has 0 radical (unpaired) electrons. The van der Waals surface area contributed by atoms with Crippen LogP contribution in [0.1, 0.15) is 46.0 Å². The van der Waals surface area contributed by atoms with Gasteiger partial charge in [0, 0.05) is 38.3 Å². The largest absolute Gasteiger partial charge is 0.392 e. The summed E-state index contributed by atoms with van der Waals surface area (Å²) < 4.78 is 0. The first-order valence-electron chi connectivity index (χ1n) is 9.50. The monoisotopic (exact) mass is 323 g/mol. The molecule has 1 saturated heterocycles. The summed E-state index contributed by atoms with van der Waals surface area (Å²) >= 11 is 0. The lowest BCUT2D eigenvalue weighted by molar-refractivity contribution is -0.124. The van der Waals surface area contributed by atoms with Crippen LogP contribution in [0.5, 0.6) is 0 Å². The van der Waals surface area contributed by atoms with Crippen LogP contribution < -0.4 is 5.32 Å². The van der Waals surface area contributed by atoms with Gasteiger partial charge in [-0.3, -0.25) is 14.6 Å². The third-order valence-electron chi connectivity index (χ3n) is 5.61. The van der Waals surface area contributed by atoms with Crippen molar-refractivity contribution in [2.24, 2.45) is 11.8 Å². The Hall–Kier alpha value is -0.650. The summed E-state index contributed by atoms with van der Waals surface area (Å²) in [5.74, 6) is 1.74. The number of β-amino-alcohol motifs (C(OH)–C–C–N with tert-alkyl or cyclic N) is 1. The average Bonchev–Trinajstić information content (AvgIpc) is 3.38. The molecule has 1 amide bonds. The molecule has 2 saturated carbocycles. The second-order valence-electron chi connectivity index (χ2n) is 7.91. The first-order valence-corrected chi connectivity index (χ1v) is 9.50. The molecule has 5 nitrogen and oxygen atoms in total. The number of carbonyl (C=O) groups excluding carboxylic acids is 1. The summed E-state index contributed by atoms with van der Waals surface area (Å²) in [4.78, 5) is 17.1. The van der Waals surface area contributed by atoms with E-state index in [4.69, 9.17) is 0 Å². The predicted octanol–water partition coefficient (Wildman–Crippen LogP) is 1.07. The second-order valence-corrected chi connectivity index (χ2v) is 7.91. The Morgan fingerprint density at radius 3 is 2.39 bits per heavy atom. The molecule has 0 spiro atoms. The third-order valence-corrected chi connectivity index (χ3v) is 5.61. The second kappa shape index (κ2) is 7.49. The van der Waals surface area contributed by atoms with Crippen LogP contribution >= 0.6 is 0 Å². The minimum absolute atomic E-state index is 0.215. The average molecular weight is 323 g/mol. The van der Waals surface area contributed by atoms with Gasteiger partial charge in [0.15, 0.2) is 0 Å². The zero-order chi connectivity index (χ0) is 16.4. The highest BCUT2D eigenvalue weighted by Crippen LogP contribution is 2.44. The van der Waals surface area contributed by atoms with Crippen molar-refractivity contribution in [3.05, 3.63) is 0 Å². The fraction of sp³-hybridized carbons (Fsp3) is 0.944. The van der Waals surface area contributed by atoms with Crippen molar-refractivity contribution < 1.29 is 9.90 Å². The number of nitrogens with one attached hydrogen (secondary N) is 1. The fourth-order valence-corrected chi connectivity index (χ4v) is 4.03. The van der Waals surface area contributed by atoms with Gasteiger partial charge in [-0.05, 0) is 50.9 Å². The highest BCUT2D eigenvalue weighted by atomic mass is 16.3. The maximum atomic E-state index is 12.4. The molecule has 5 heteroatoms. The lowest BCUT2D eigenvalue weighted by Gasteiger charge is -2.41. The summed E-state index contributed by atoms with van der Waals surface area (Å²) in [6.45, 7) is 8.13. The molecule has 2 aliphatic carbocycles. The van der Waals surface area contributed by atoms with E-state index in [1.54, 1.807) is 0 Å². The highest BCUT2D eigenvalue weighted by molar-refractivity contribution is 5.78. The molecule has 0 aromatic carbocycles. The van der Waals surface area contributed by atoms with Gasteiger partial charge in [-0.15, -0.1) is 0 Å². The van der Waals surface area contributed by atoms with Gasteiger partial charge in [0.05, 0.1) is 12.6 Å². The molecular weight excluding hydrogens is 290 g/mol. The van der Waals surface area contributed by atoms with Gasteiger partial charge < -0.3 is 10.4 Å². The van der Waals surface area contributed by atoms with Gasteiger partial charge in [0.2, 0.25) is 5.91 Å². The summed E-state index contributed by atoms with van der Waals surface area (Å²) in [6, 6.07) is 0.912. The standard InChI is InChI=1S/C18H33N3O2/c1-3-16-11-20(8-9-21(16)10-13(2)22)12-17(23)19-18(14-4-5-14)15-6-7-15/h13-16,18,22H,3-12H2,1-2H3,(H,19,23)/t13-,16-/m0/s1. The maximum Gasteiger partial charge on any atom is 0.234 e. The van der Waals surface area contributed by atoms with Crippen molar-refractivity contribution in [3.8, 4) is 0 Å². The van der Waals surface area contributed by atoms with E-state index >= 15 is 0 Å². The van der Waals surface area contributed by atoms with Crippen molar-refractivity contribution in [1.29, 1.82) is 0 Å². The summed E-state index contributed by atoms with van der Waals surface area (Å²) in [5, 5.41) is 13.0. The predicted molar refractivity (Wildman–Crippen MR) is 91.2 cm³/mol. The molecule has 0 unspecified atom stereocenters. The van der Waals surface area contributed by atoms with Crippen LogP contribution in [-0.2, 0) is 4.79 Å². The molecule has 0 bridgehead atoms. The Labute approximate surface area is 140 Å². The molecule has 1 aliphatic heterocycles. The van der Waals surface area contributed by atoms with Crippen LogP contribution in [0.15, 0.2) is 0 Å². The Balaban J connectivity index is 1.45. The topological polar surface area (TPSA) is 55.8 Å². The van der Waals surface area contributed by atoms with Crippen molar-refractivity contribution in [2.75, 3.05) is 32.7 Å². The number of aliphatic hydroxyl groups excluding tert-OH is 1. The lowest BCUT2D eigenvalue weighted by atomic mass is 10.1. The first kappa shape index (κ1) is 17.2. The van der Waals surface area contributed by atoms with Crippen molar-refractivity contribution in [2.45, 2.75) is 64.1 Å². The third kappa shape index (κ3) is 4.91. The Morgan fingerprint density at radius 2 is 1.87 bits per heavy atom. The number of aliphatic hydroxyl groups is 1. The van der Waals surface area contributed by atoms with E-state index in [-0.39, 0.29) is 12.0 Å². The molecule has 132 valence electrons. The number of nitrogens with zero attached hydrogens (tertiary/aromatic N) is 2. The molecule has 0 aromatic rings. The minimum atomic E-state index is -0.281. The number of rotatable bonds is 8. The van der Waals surface area contributed by atoms with Crippen LogP contribution in [0.25, 0.3) is 0 Å². The van der Waals surface area contributed by atoms with Crippen molar-refractivity contribution >= 4 is 5.91 Å². The number of piperazine rings is 1. The minimum Gasteiger partial charge on any atom is -0.392 e. The van der Waals surface area contributed by atoms with Crippen LogP contribution in [0.2, 0.25) is 0 Å². The molecule has 2 atom stereocenters. The van der Waals surface area contributed by atoms with E-state index < -0.39 is 0 Å². The van der Waals surface area contributed by atoms with Crippen LogP contribution in [0.3, 0.4) is 0 Å². The molecule has 3 rings (SSSR count). The summed E-state index contributed by atoms with van der Waals surface area (Å²) in [6.07, 6.45) is 6.00. The number of amides is 1. The van der Waals surface area contributed by atoms with E-state index in [2.05, 4.69) is 22.0 Å². The number of carbonyl (C=O) groups is 1. The van der Waals surface area contributed by atoms with Gasteiger partial charge in [-0.25, -0.2) is 0 Å². The summed E-state index contributed by atoms with van der Waals surface area (Å²) in [5.41, 5.74) is 0. The zero-order valence-electron chi connectivity index (χ0n) is 14.7. The quantitative estimate of drug-likeness (QED) is 0.701. The van der Waals surface area contributed by atoms with E-state index in [1.165, 1.54) is 25.7 Å². The molecule has 0 aromatic heterocycles. The molecule has 2 N–H and O–H groups in total. The van der Waals surface area contributed by atoms with Gasteiger partial charge in [-0.2, -0.15) is 0 Å². The molecule has 3 aliphatic rings. The number of hydrogen-bond acceptors (Lipinski definition) is 4.